The molecule has 0 saturated heterocycles. The smallest absolute Gasteiger partial charge is 0.118 e. The topological polar surface area (TPSA) is 9.23 Å². The van der Waals surface area contributed by atoms with Crippen molar-refractivity contribution in [2.24, 2.45) is 0 Å². The molecule has 0 aromatic heterocycles. The second-order valence-electron chi connectivity index (χ2n) is 7.08. The van der Waals surface area contributed by atoms with E-state index < -0.39 is 5.41 Å². The molecule has 0 N–H and O–H groups in total. The van der Waals surface area contributed by atoms with Crippen LogP contribution >= 0.6 is 0 Å². The van der Waals surface area contributed by atoms with Crippen molar-refractivity contribution in [2.75, 3.05) is 7.11 Å². The molecule has 0 aliphatic carbocycles. The van der Waals surface area contributed by atoms with Crippen molar-refractivity contribution in [3.05, 3.63) is 137 Å². The van der Waals surface area contributed by atoms with Crippen LogP contribution in [0.1, 0.15) is 27.8 Å². The highest BCUT2D eigenvalue weighted by Crippen LogP contribution is 2.45. The molecule has 4 aromatic rings. The third-order valence-corrected chi connectivity index (χ3v) is 5.42. The lowest BCUT2D eigenvalue weighted by Gasteiger charge is -2.37. The fourth-order valence-corrected chi connectivity index (χ4v) is 4.02. The second-order valence-corrected chi connectivity index (χ2v) is 7.08. The Morgan fingerprint density at radius 3 is 1.32 bits per heavy atom. The Kier molecular flexibility index (Phi) is 4.99. The predicted octanol–water partition coefficient (Wildman–Crippen LogP) is 6.39. The molecule has 0 aliphatic heterocycles. The van der Waals surface area contributed by atoms with E-state index in [-0.39, 0.29) is 0 Å². The molecule has 0 spiro atoms. The minimum absolute atomic E-state index is 0.400. The van der Waals surface area contributed by atoms with Gasteiger partial charge in [0.15, 0.2) is 0 Å². The van der Waals surface area contributed by atoms with Crippen molar-refractivity contribution in [1.82, 2.24) is 0 Å². The van der Waals surface area contributed by atoms with Gasteiger partial charge in [-0.1, -0.05) is 103 Å². The van der Waals surface area contributed by atoms with Crippen molar-refractivity contribution in [2.45, 2.75) is 12.3 Å². The van der Waals surface area contributed by atoms with Gasteiger partial charge in [0.1, 0.15) is 5.75 Å². The zero-order chi connectivity index (χ0) is 19.4. The molecule has 4 rings (SSSR count). The van der Waals surface area contributed by atoms with Crippen molar-refractivity contribution < 1.29 is 4.74 Å². The van der Waals surface area contributed by atoms with Crippen LogP contribution in [0.4, 0.5) is 0 Å². The van der Waals surface area contributed by atoms with E-state index in [2.05, 4.69) is 104 Å². The average Bonchev–Trinajstić information content (AvgIpc) is 2.77. The number of methoxy groups -OCH3 is 1. The highest BCUT2D eigenvalue weighted by Gasteiger charge is 2.38. The molecule has 0 heterocycles. The summed E-state index contributed by atoms with van der Waals surface area (Å²) in [6.45, 7) is 2.13. The standard InChI is InChI=1S/C27H24O/c1-21-13-15-24(16-14-21)27(22-9-5-3-6-10-22,23-11-7-4-8-12-23)25-17-19-26(28-2)20-18-25/h3-20H,1-2H3. The minimum Gasteiger partial charge on any atom is -0.497 e. The molecular weight excluding hydrogens is 340 g/mol. The van der Waals surface area contributed by atoms with E-state index in [1.54, 1.807) is 7.11 Å². The highest BCUT2D eigenvalue weighted by molar-refractivity contribution is 5.60. The van der Waals surface area contributed by atoms with Gasteiger partial charge in [-0.15, -0.1) is 0 Å². The van der Waals surface area contributed by atoms with E-state index in [9.17, 15) is 0 Å². The van der Waals surface area contributed by atoms with Crippen molar-refractivity contribution in [3.8, 4) is 5.75 Å². The fourth-order valence-electron chi connectivity index (χ4n) is 4.02. The van der Waals surface area contributed by atoms with E-state index in [1.165, 1.54) is 27.8 Å². The molecule has 138 valence electrons. The molecule has 0 saturated carbocycles. The Morgan fingerprint density at radius 1 is 0.500 bits per heavy atom. The van der Waals surface area contributed by atoms with Crippen LogP contribution in [0.5, 0.6) is 5.75 Å². The summed E-state index contributed by atoms with van der Waals surface area (Å²) in [5.74, 6) is 0.864. The lowest BCUT2D eigenvalue weighted by Crippen LogP contribution is -2.30. The van der Waals surface area contributed by atoms with Crippen LogP contribution in [0.25, 0.3) is 0 Å². The quantitative estimate of drug-likeness (QED) is 0.373. The first-order valence-corrected chi connectivity index (χ1v) is 9.58. The lowest BCUT2D eigenvalue weighted by molar-refractivity contribution is 0.414. The maximum Gasteiger partial charge on any atom is 0.118 e. The summed E-state index contributed by atoms with van der Waals surface area (Å²) in [6.07, 6.45) is 0. The predicted molar refractivity (Wildman–Crippen MR) is 116 cm³/mol. The van der Waals surface area contributed by atoms with E-state index in [4.69, 9.17) is 4.74 Å². The number of ether oxygens (including phenoxy) is 1. The van der Waals surface area contributed by atoms with Crippen LogP contribution in [0.3, 0.4) is 0 Å². The number of hydrogen-bond acceptors (Lipinski definition) is 1. The highest BCUT2D eigenvalue weighted by atomic mass is 16.5. The van der Waals surface area contributed by atoms with Crippen LogP contribution in [0.15, 0.2) is 109 Å². The van der Waals surface area contributed by atoms with Gasteiger partial charge < -0.3 is 4.74 Å². The molecule has 0 amide bonds. The maximum atomic E-state index is 5.41. The maximum absolute atomic E-state index is 5.41. The van der Waals surface area contributed by atoms with E-state index in [0.717, 1.165) is 5.75 Å². The van der Waals surface area contributed by atoms with Crippen LogP contribution in [-0.2, 0) is 5.41 Å². The van der Waals surface area contributed by atoms with E-state index >= 15 is 0 Å². The Labute approximate surface area is 167 Å². The van der Waals surface area contributed by atoms with Gasteiger partial charge in [0.25, 0.3) is 0 Å². The summed E-state index contributed by atoms with van der Waals surface area (Å²) >= 11 is 0. The Hall–Kier alpha value is -3.32. The fraction of sp³-hybridized carbons (Fsp3) is 0.111. The molecule has 0 fully saturated rings. The molecule has 0 radical (unpaired) electrons. The molecule has 0 atom stereocenters. The number of benzene rings is 4. The van der Waals surface area contributed by atoms with Gasteiger partial charge in [0, 0.05) is 0 Å². The monoisotopic (exact) mass is 364 g/mol. The van der Waals surface area contributed by atoms with Gasteiger partial charge >= 0.3 is 0 Å². The molecular formula is C27H24O. The molecule has 28 heavy (non-hydrogen) atoms. The Morgan fingerprint density at radius 2 is 0.893 bits per heavy atom. The van der Waals surface area contributed by atoms with Gasteiger partial charge in [-0.3, -0.25) is 0 Å². The van der Waals surface area contributed by atoms with E-state index in [1.807, 2.05) is 12.1 Å². The van der Waals surface area contributed by atoms with Crippen molar-refractivity contribution in [3.63, 3.8) is 0 Å². The zero-order valence-corrected chi connectivity index (χ0v) is 16.3. The first-order valence-electron chi connectivity index (χ1n) is 9.58. The summed E-state index contributed by atoms with van der Waals surface area (Å²) in [5.41, 5.74) is 5.82. The van der Waals surface area contributed by atoms with Crippen molar-refractivity contribution in [1.29, 1.82) is 0 Å². The lowest BCUT2D eigenvalue weighted by atomic mass is 9.65. The third kappa shape index (κ3) is 3.10. The second kappa shape index (κ2) is 7.74. The average molecular weight is 364 g/mol. The molecule has 0 unspecified atom stereocenters. The van der Waals surface area contributed by atoms with Gasteiger partial charge in [0.05, 0.1) is 12.5 Å². The third-order valence-electron chi connectivity index (χ3n) is 5.42. The van der Waals surface area contributed by atoms with E-state index in [0.29, 0.717) is 0 Å². The zero-order valence-electron chi connectivity index (χ0n) is 16.3. The molecule has 0 bridgehead atoms. The van der Waals surface area contributed by atoms with Gasteiger partial charge in [0.2, 0.25) is 0 Å². The van der Waals surface area contributed by atoms with Crippen LogP contribution in [0.2, 0.25) is 0 Å². The van der Waals surface area contributed by atoms with Crippen LogP contribution in [0, 0.1) is 6.92 Å². The SMILES string of the molecule is COc1ccc(C(c2ccccc2)(c2ccccc2)c2ccc(C)cc2)cc1. The summed E-state index contributed by atoms with van der Waals surface area (Å²) < 4.78 is 5.41. The first kappa shape index (κ1) is 18.1. The summed E-state index contributed by atoms with van der Waals surface area (Å²) in [5, 5.41) is 0. The first-order chi connectivity index (χ1) is 13.7. The summed E-state index contributed by atoms with van der Waals surface area (Å²) in [6, 6.07) is 38.8. The van der Waals surface area contributed by atoms with Crippen LogP contribution < -0.4 is 4.74 Å². The van der Waals surface area contributed by atoms with Gasteiger partial charge in [-0.2, -0.15) is 0 Å². The van der Waals surface area contributed by atoms with Gasteiger partial charge in [-0.05, 0) is 41.3 Å². The number of aryl methyl sites for hydroxylation is 1. The molecule has 1 heteroatoms. The molecule has 1 nitrogen and oxygen atoms in total. The van der Waals surface area contributed by atoms with Crippen molar-refractivity contribution >= 4 is 0 Å². The van der Waals surface area contributed by atoms with Gasteiger partial charge in [-0.25, -0.2) is 0 Å². The number of hydrogen-bond donors (Lipinski definition) is 0. The summed E-state index contributed by atoms with van der Waals surface area (Å²) in [4.78, 5) is 0. The number of rotatable bonds is 5. The molecule has 4 aromatic carbocycles. The minimum atomic E-state index is -0.400. The molecule has 0 aliphatic rings. The summed E-state index contributed by atoms with van der Waals surface area (Å²) in [7, 11) is 1.70. The van der Waals surface area contributed by atoms with Crippen LogP contribution in [-0.4, -0.2) is 7.11 Å². The Balaban J connectivity index is 2.09. The largest absolute Gasteiger partial charge is 0.497 e. The Bertz CT molecular complexity index is 978. The normalized spacial score (nSPS) is 11.2.